The van der Waals surface area contributed by atoms with E-state index in [1.165, 1.54) is 14.0 Å². The van der Waals surface area contributed by atoms with E-state index in [1.54, 1.807) is 12.1 Å². The van der Waals surface area contributed by atoms with E-state index in [0.717, 1.165) is 5.56 Å². The molecule has 1 aromatic carbocycles. The largest absolute Gasteiger partial charge is 0.465 e. The number of hydrogen-bond donors (Lipinski definition) is 1. The third kappa shape index (κ3) is 3.20. The molecule has 0 fully saturated rings. The maximum absolute atomic E-state index is 11.6. The number of amides is 1. The number of halogens is 1. The van der Waals surface area contributed by atoms with Crippen LogP contribution in [0, 0.1) is 0 Å². The summed E-state index contributed by atoms with van der Waals surface area (Å²) in [7, 11) is 1.29. The Balaban J connectivity index is 3.30. The lowest BCUT2D eigenvalue weighted by Crippen LogP contribution is -2.12. The van der Waals surface area contributed by atoms with E-state index in [1.807, 2.05) is 6.92 Å². The normalized spacial score (nSPS) is 9.88. The van der Waals surface area contributed by atoms with Crippen molar-refractivity contribution >= 4 is 29.2 Å². The zero-order chi connectivity index (χ0) is 13.0. The molecule has 4 nitrogen and oxygen atoms in total. The minimum Gasteiger partial charge on any atom is -0.465 e. The number of rotatable bonds is 3. The van der Waals surface area contributed by atoms with Gasteiger partial charge < -0.3 is 10.1 Å². The number of nitrogens with one attached hydrogen (secondary N) is 1. The van der Waals surface area contributed by atoms with Gasteiger partial charge in [-0.05, 0) is 24.1 Å². The van der Waals surface area contributed by atoms with Crippen LogP contribution in [-0.4, -0.2) is 19.0 Å². The Labute approximate surface area is 105 Å². The van der Waals surface area contributed by atoms with Crippen LogP contribution >= 0.6 is 11.6 Å². The fourth-order valence-corrected chi connectivity index (χ4v) is 1.76. The van der Waals surface area contributed by atoms with Crippen LogP contribution in [0.5, 0.6) is 0 Å². The third-order valence-electron chi connectivity index (χ3n) is 2.28. The highest BCUT2D eigenvalue weighted by Gasteiger charge is 2.15. The Bertz CT molecular complexity index is 457. The van der Waals surface area contributed by atoms with Crippen LogP contribution in [0.2, 0.25) is 5.02 Å². The van der Waals surface area contributed by atoms with Crippen LogP contribution in [0.25, 0.3) is 0 Å². The summed E-state index contributed by atoms with van der Waals surface area (Å²) >= 11 is 6.03. The highest BCUT2D eigenvalue weighted by atomic mass is 35.5. The molecule has 0 aliphatic carbocycles. The quantitative estimate of drug-likeness (QED) is 0.845. The maximum atomic E-state index is 11.6. The summed E-state index contributed by atoms with van der Waals surface area (Å²) in [6.45, 7) is 3.29. The maximum Gasteiger partial charge on any atom is 0.339 e. The van der Waals surface area contributed by atoms with E-state index in [2.05, 4.69) is 10.1 Å². The zero-order valence-corrected chi connectivity index (χ0v) is 10.7. The molecule has 0 spiro atoms. The van der Waals surface area contributed by atoms with Crippen molar-refractivity contribution in [3.05, 3.63) is 28.3 Å². The van der Waals surface area contributed by atoms with Crippen LogP contribution in [0.3, 0.4) is 0 Å². The molecule has 1 amide bonds. The van der Waals surface area contributed by atoms with Crippen molar-refractivity contribution in [3.63, 3.8) is 0 Å². The smallest absolute Gasteiger partial charge is 0.339 e. The summed E-state index contributed by atoms with van der Waals surface area (Å²) in [5.74, 6) is -0.768. The number of methoxy groups -OCH3 is 1. The van der Waals surface area contributed by atoms with Crippen molar-refractivity contribution in [1.82, 2.24) is 0 Å². The first-order chi connectivity index (χ1) is 7.99. The molecule has 0 aliphatic rings. The van der Waals surface area contributed by atoms with Crippen molar-refractivity contribution < 1.29 is 14.3 Å². The fraction of sp³-hybridized carbons (Fsp3) is 0.333. The van der Waals surface area contributed by atoms with E-state index >= 15 is 0 Å². The van der Waals surface area contributed by atoms with Gasteiger partial charge in [0.15, 0.2) is 0 Å². The van der Waals surface area contributed by atoms with Gasteiger partial charge in [-0.3, -0.25) is 4.79 Å². The Kier molecular flexibility index (Phi) is 4.52. The minimum atomic E-state index is -0.500. The average molecular weight is 256 g/mol. The molecule has 17 heavy (non-hydrogen) atoms. The molecule has 0 saturated carbocycles. The van der Waals surface area contributed by atoms with Gasteiger partial charge >= 0.3 is 5.97 Å². The van der Waals surface area contributed by atoms with Crippen molar-refractivity contribution in [2.75, 3.05) is 12.4 Å². The molecule has 0 bridgehead atoms. The predicted octanol–water partition coefficient (Wildman–Crippen LogP) is 2.65. The average Bonchev–Trinajstić information content (AvgIpc) is 2.27. The molecule has 1 N–H and O–H groups in total. The minimum absolute atomic E-state index is 0.268. The first-order valence-corrected chi connectivity index (χ1v) is 5.55. The number of carbonyl (C=O) groups excluding carboxylic acids is 2. The molecule has 1 aromatic rings. The van der Waals surface area contributed by atoms with Gasteiger partial charge in [0.1, 0.15) is 0 Å². The first-order valence-electron chi connectivity index (χ1n) is 5.17. The second kappa shape index (κ2) is 5.68. The predicted molar refractivity (Wildman–Crippen MR) is 66.5 cm³/mol. The summed E-state index contributed by atoms with van der Waals surface area (Å²) in [5.41, 5.74) is 1.51. The lowest BCUT2D eigenvalue weighted by atomic mass is 10.1. The number of ether oxygens (including phenoxy) is 1. The molecule has 0 saturated heterocycles. The number of aryl methyl sites for hydroxylation is 1. The lowest BCUT2D eigenvalue weighted by Gasteiger charge is -2.11. The second-order valence-corrected chi connectivity index (χ2v) is 3.92. The molecule has 0 unspecified atom stereocenters. The van der Waals surface area contributed by atoms with E-state index in [4.69, 9.17) is 11.6 Å². The van der Waals surface area contributed by atoms with Crippen molar-refractivity contribution in [2.45, 2.75) is 20.3 Å². The Morgan fingerprint density at radius 1 is 1.41 bits per heavy atom. The molecular weight excluding hydrogens is 242 g/mol. The van der Waals surface area contributed by atoms with Crippen LogP contribution in [0.15, 0.2) is 12.1 Å². The number of hydrogen-bond acceptors (Lipinski definition) is 3. The summed E-state index contributed by atoms with van der Waals surface area (Å²) in [6.07, 6.45) is 0.698. The summed E-state index contributed by atoms with van der Waals surface area (Å²) in [6, 6.07) is 3.20. The molecule has 1 rings (SSSR count). The Morgan fingerprint density at radius 3 is 2.53 bits per heavy atom. The van der Waals surface area contributed by atoms with E-state index in [0.29, 0.717) is 22.7 Å². The second-order valence-electron chi connectivity index (χ2n) is 3.52. The molecule has 0 aliphatic heterocycles. The van der Waals surface area contributed by atoms with Crippen molar-refractivity contribution in [3.8, 4) is 0 Å². The topological polar surface area (TPSA) is 55.4 Å². The summed E-state index contributed by atoms with van der Waals surface area (Å²) < 4.78 is 4.66. The molecule has 0 aromatic heterocycles. The molecule has 0 radical (unpaired) electrons. The zero-order valence-electron chi connectivity index (χ0n) is 9.96. The molecular formula is C12H14ClNO3. The molecule has 0 heterocycles. The highest BCUT2D eigenvalue weighted by Crippen LogP contribution is 2.26. The van der Waals surface area contributed by atoms with Gasteiger partial charge in [0.25, 0.3) is 0 Å². The van der Waals surface area contributed by atoms with Crippen LogP contribution < -0.4 is 5.32 Å². The Hall–Kier alpha value is -1.55. The van der Waals surface area contributed by atoms with Gasteiger partial charge in [0, 0.05) is 11.9 Å². The van der Waals surface area contributed by atoms with Gasteiger partial charge in [-0.2, -0.15) is 0 Å². The van der Waals surface area contributed by atoms with Gasteiger partial charge in [-0.25, -0.2) is 4.79 Å². The number of anilines is 1. The fourth-order valence-electron chi connectivity index (χ4n) is 1.46. The van der Waals surface area contributed by atoms with Gasteiger partial charge in [0.2, 0.25) is 5.91 Å². The summed E-state index contributed by atoms with van der Waals surface area (Å²) in [4.78, 5) is 22.6. The van der Waals surface area contributed by atoms with Gasteiger partial charge in [0.05, 0.1) is 18.4 Å². The number of benzene rings is 1. The van der Waals surface area contributed by atoms with E-state index in [9.17, 15) is 9.59 Å². The van der Waals surface area contributed by atoms with E-state index < -0.39 is 5.97 Å². The highest BCUT2D eigenvalue weighted by molar-refractivity contribution is 6.32. The third-order valence-corrected chi connectivity index (χ3v) is 2.64. The number of esters is 1. The van der Waals surface area contributed by atoms with Crippen LogP contribution in [0.4, 0.5) is 5.69 Å². The first kappa shape index (κ1) is 13.5. The van der Waals surface area contributed by atoms with Crippen LogP contribution in [0.1, 0.15) is 29.8 Å². The van der Waals surface area contributed by atoms with Gasteiger partial charge in [-0.15, -0.1) is 0 Å². The van der Waals surface area contributed by atoms with Crippen LogP contribution in [-0.2, 0) is 16.0 Å². The van der Waals surface area contributed by atoms with Gasteiger partial charge in [-0.1, -0.05) is 18.5 Å². The molecule has 0 atom stereocenters. The van der Waals surface area contributed by atoms with Crippen molar-refractivity contribution in [1.29, 1.82) is 0 Å². The SMILES string of the molecule is CCc1cc(C(=O)OC)c(NC(C)=O)cc1Cl. The summed E-state index contributed by atoms with van der Waals surface area (Å²) in [5, 5.41) is 3.07. The Morgan fingerprint density at radius 2 is 2.06 bits per heavy atom. The lowest BCUT2D eigenvalue weighted by molar-refractivity contribution is -0.114. The molecule has 5 heteroatoms. The monoisotopic (exact) mass is 255 g/mol. The number of carbonyl (C=O) groups is 2. The van der Waals surface area contributed by atoms with E-state index in [-0.39, 0.29) is 5.91 Å². The standard InChI is InChI=1S/C12H14ClNO3/c1-4-8-5-9(12(16)17-3)11(6-10(8)13)14-7(2)15/h5-6H,4H2,1-3H3,(H,14,15). The van der Waals surface area contributed by atoms with Crippen molar-refractivity contribution in [2.24, 2.45) is 0 Å². The molecule has 92 valence electrons.